The molecule has 8 nitrogen and oxygen atoms in total. The maximum Gasteiger partial charge on any atom is 0.415 e. The van der Waals surface area contributed by atoms with Crippen LogP contribution in [0, 0.1) is 5.82 Å². The number of alkyl halides is 3. The molecule has 1 atom stereocenters. The van der Waals surface area contributed by atoms with Crippen LogP contribution in [0.15, 0.2) is 48.5 Å². The average Bonchev–Trinajstić information content (AvgIpc) is 2.84. The maximum atomic E-state index is 13.1. The summed E-state index contributed by atoms with van der Waals surface area (Å²) in [6, 6.07) is 11.5. The van der Waals surface area contributed by atoms with Crippen LogP contribution in [0.1, 0.15) is 18.9 Å². The van der Waals surface area contributed by atoms with Crippen LogP contribution >= 0.6 is 0 Å². The van der Waals surface area contributed by atoms with E-state index >= 15 is 0 Å². The number of carboxylic acids is 1. The van der Waals surface area contributed by atoms with E-state index in [0.29, 0.717) is 5.75 Å². The first-order chi connectivity index (χ1) is 17.6. The lowest BCUT2D eigenvalue weighted by atomic mass is 10.1. The summed E-state index contributed by atoms with van der Waals surface area (Å²) in [7, 11) is 0. The Morgan fingerprint density at radius 1 is 0.973 bits per heavy atom. The molecule has 12 heteroatoms. The number of hydrogen-bond donors (Lipinski definition) is 1. The highest BCUT2D eigenvalue weighted by Gasteiger charge is 2.27. The summed E-state index contributed by atoms with van der Waals surface area (Å²) in [5.41, 5.74) is 0.733. The summed E-state index contributed by atoms with van der Waals surface area (Å²) < 4.78 is 70.5. The second-order valence-electron chi connectivity index (χ2n) is 7.81. The summed E-state index contributed by atoms with van der Waals surface area (Å²) in [5, 5.41) is 9.20. The molecule has 2 aromatic rings. The third kappa shape index (κ3) is 11.9. The van der Waals surface area contributed by atoms with Crippen molar-refractivity contribution in [3.63, 3.8) is 0 Å². The van der Waals surface area contributed by atoms with Crippen molar-refractivity contribution in [2.45, 2.75) is 32.0 Å². The van der Waals surface area contributed by atoms with Crippen molar-refractivity contribution in [2.75, 3.05) is 39.5 Å². The van der Waals surface area contributed by atoms with Gasteiger partial charge in [-0.05, 0) is 55.3 Å². The van der Waals surface area contributed by atoms with Gasteiger partial charge in [-0.15, -0.1) is 0 Å². The lowest BCUT2D eigenvalue weighted by Crippen LogP contribution is -2.38. The van der Waals surface area contributed by atoms with E-state index in [0.717, 1.165) is 17.7 Å². The van der Waals surface area contributed by atoms with Crippen molar-refractivity contribution in [3.05, 3.63) is 59.9 Å². The van der Waals surface area contributed by atoms with Gasteiger partial charge in [-0.3, -0.25) is 0 Å². The van der Waals surface area contributed by atoms with Crippen LogP contribution in [-0.4, -0.2) is 73.9 Å². The summed E-state index contributed by atoms with van der Waals surface area (Å²) in [5.74, 6) is -0.992. The highest BCUT2D eigenvalue weighted by molar-refractivity contribution is 5.72. The van der Waals surface area contributed by atoms with E-state index in [1.807, 2.05) is 0 Å². The lowest BCUT2D eigenvalue weighted by molar-refractivity contribution is -0.174. The first-order valence-electron chi connectivity index (χ1n) is 11.5. The monoisotopic (exact) mass is 531 g/mol. The second kappa shape index (κ2) is 15.0. The first-order valence-corrected chi connectivity index (χ1v) is 11.5. The van der Waals surface area contributed by atoms with Gasteiger partial charge >= 0.3 is 18.2 Å². The van der Waals surface area contributed by atoms with Crippen LogP contribution in [-0.2, 0) is 20.7 Å². The van der Waals surface area contributed by atoms with Crippen molar-refractivity contribution >= 4 is 12.1 Å². The molecule has 0 aliphatic heterocycles. The van der Waals surface area contributed by atoms with Gasteiger partial charge < -0.3 is 29.0 Å². The minimum Gasteiger partial charge on any atom is -0.492 e. The third-order valence-corrected chi connectivity index (χ3v) is 4.88. The molecule has 1 N–H and O–H groups in total. The van der Waals surface area contributed by atoms with E-state index in [-0.39, 0.29) is 51.5 Å². The predicted molar refractivity (Wildman–Crippen MR) is 124 cm³/mol. The number of aliphatic carboxylic acids is 1. The zero-order chi connectivity index (χ0) is 27.3. The number of ether oxygens (including phenoxy) is 4. The summed E-state index contributed by atoms with van der Waals surface area (Å²) in [6.45, 7) is 0.498. The predicted octanol–water partition coefficient (Wildman–Crippen LogP) is 4.71. The molecule has 2 aromatic carbocycles. The highest BCUT2D eigenvalue weighted by atomic mass is 19.4. The van der Waals surface area contributed by atoms with Gasteiger partial charge in [-0.25, -0.2) is 14.0 Å². The minimum absolute atomic E-state index is 0.0359. The third-order valence-electron chi connectivity index (χ3n) is 4.88. The van der Waals surface area contributed by atoms with Crippen LogP contribution in [0.4, 0.5) is 22.4 Å². The maximum absolute atomic E-state index is 13.1. The molecule has 0 fully saturated rings. The molecule has 1 amide bonds. The Kier molecular flexibility index (Phi) is 12.1. The molecule has 0 saturated carbocycles. The molecule has 0 bridgehead atoms. The molecule has 0 radical (unpaired) electrons. The van der Waals surface area contributed by atoms with E-state index in [1.165, 1.54) is 17.0 Å². The standard InChI is InChI=1S/C25H29F4NO7/c1-2-35-22(23(31)32)16-18-4-8-20(9-5-18)36-15-13-30(12-3-14-34-17-25(27,28)29)24(33)37-21-10-6-19(26)7-11-21/h4-11,22H,2-3,12-17H2,1H3,(H,31,32). The van der Waals surface area contributed by atoms with Crippen molar-refractivity contribution in [2.24, 2.45) is 0 Å². The van der Waals surface area contributed by atoms with Gasteiger partial charge in [0.15, 0.2) is 6.10 Å². The van der Waals surface area contributed by atoms with Gasteiger partial charge in [-0.2, -0.15) is 13.2 Å². The number of nitrogens with zero attached hydrogens (tertiary/aromatic N) is 1. The molecule has 2 rings (SSSR count). The van der Waals surface area contributed by atoms with Gasteiger partial charge in [0.25, 0.3) is 0 Å². The fourth-order valence-corrected chi connectivity index (χ4v) is 3.14. The molecule has 204 valence electrons. The number of carbonyl (C=O) groups excluding carboxylic acids is 1. The Morgan fingerprint density at radius 2 is 1.62 bits per heavy atom. The number of rotatable bonds is 15. The molecule has 0 heterocycles. The largest absolute Gasteiger partial charge is 0.492 e. The van der Waals surface area contributed by atoms with Crippen molar-refractivity contribution < 1.29 is 51.2 Å². The normalized spacial score (nSPS) is 12.1. The van der Waals surface area contributed by atoms with E-state index in [2.05, 4.69) is 4.74 Å². The summed E-state index contributed by atoms with van der Waals surface area (Å²) in [6.07, 6.45) is -5.88. The van der Waals surface area contributed by atoms with Crippen LogP contribution in [0.25, 0.3) is 0 Å². The smallest absolute Gasteiger partial charge is 0.415 e. The molecular formula is C25H29F4NO7. The number of carboxylic acid groups (broad SMARTS) is 1. The second-order valence-corrected chi connectivity index (χ2v) is 7.81. The summed E-state index contributed by atoms with van der Waals surface area (Å²) >= 11 is 0. The molecule has 1 unspecified atom stereocenters. The van der Waals surface area contributed by atoms with Gasteiger partial charge in [-0.1, -0.05) is 12.1 Å². The number of hydrogen-bond acceptors (Lipinski definition) is 6. The summed E-state index contributed by atoms with van der Waals surface area (Å²) in [4.78, 5) is 25.1. The molecule has 0 aliphatic rings. The molecule has 37 heavy (non-hydrogen) atoms. The van der Waals surface area contributed by atoms with E-state index in [1.54, 1.807) is 31.2 Å². The Bertz CT molecular complexity index is 969. The van der Waals surface area contributed by atoms with Gasteiger partial charge in [0.05, 0.1) is 6.54 Å². The molecule has 0 saturated heterocycles. The lowest BCUT2D eigenvalue weighted by Gasteiger charge is -2.22. The van der Waals surface area contributed by atoms with Crippen molar-refractivity contribution in [1.29, 1.82) is 0 Å². The number of carbonyl (C=O) groups is 2. The fourth-order valence-electron chi connectivity index (χ4n) is 3.14. The van der Waals surface area contributed by atoms with Gasteiger partial charge in [0.1, 0.15) is 30.5 Å². The van der Waals surface area contributed by atoms with Crippen LogP contribution in [0.3, 0.4) is 0 Å². The first kappa shape index (κ1) is 29.8. The molecular weight excluding hydrogens is 502 g/mol. The van der Waals surface area contributed by atoms with E-state index in [4.69, 9.17) is 14.2 Å². The van der Waals surface area contributed by atoms with Crippen LogP contribution < -0.4 is 9.47 Å². The average molecular weight is 531 g/mol. The number of amides is 1. The van der Waals surface area contributed by atoms with Gasteiger partial charge in [0, 0.05) is 26.2 Å². The molecule has 0 aromatic heterocycles. The highest BCUT2D eigenvalue weighted by Crippen LogP contribution is 2.17. The van der Waals surface area contributed by atoms with E-state index in [9.17, 15) is 32.3 Å². The van der Waals surface area contributed by atoms with Gasteiger partial charge in [0.2, 0.25) is 0 Å². The van der Waals surface area contributed by atoms with E-state index < -0.39 is 36.8 Å². The van der Waals surface area contributed by atoms with Crippen molar-refractivity contribution in [3.8, 4) is 11.5 Å². The fraction of sp³-hybridized carbons (Fsp3) is 0.440. The SMILES string of the molecule is CCOC(Cc1ccc(OCCN(CCCOCC(F)(F)F)C(=O)Oc2ccc(F)cc2)cc1)C(=O)O. The van der Waals surface area contributed by atoms with Crippen molar-refractivity contribution in [1.82, 2.24) is 4.90 Å². The Labute approximate surface area is 211 Å². The minimum atomic E-state index is -4.44. The Balaban J connectivity index is 1.90. The zero-order valence-corrected chi connectivity index (χ0v) is 20.2. The molecule has 0 aliphatic carbocycles. The zero-order valence-electron chi connectivity index (χ0n) is 20.2. The Morgan fingerprint density at radius 3 is 2.22 bits per heavy atom. The number of benzene rings is 2. The number of halogens is 4. The van der Waals surface area contributed by atoms with Crippen LogP contribution in [0.5, 0.6) is 11.5 Å². The quantitative estimate of drug-likeness (QED) is 0.263. The van der Waals surface area contributed by atoms with Crippen LogP contribution in [0.2, 0.25) is 0 Å². The topological polar surface area (TPSA) is 94.5 Å². The Hall–Kier alpha value is -3.38. The molecule has 0 spiro atoms.